The molecule has 2 aromatic carbocycles. The number of amides is 1. The first-order valence-electron chi connectivity index (χ1n) is 7.33. The zero-order chi connectivity index (χ0) is 17.8. The van der Waals surface area contributed by atoms with Crippen molar-refractivity contribution in [3.63, 3.8) is 0 Å². The average Bonchev–Trinajstić information content (AvgIpc) is 2.95. The minimum atomic E-state index is -1.04. The molecule has 0 atom stereocenters. The third-order valence-corrected chi connectivity index (χ3v) is 4.35. The quantitative estimate of drug-likeness (QED) is 0.823. The highest BCUT2D eigenvalue weighted by Gasteiger charge is 2.24. The largest absolute Gasteiger partial charge is 0.494 e. The van der Waals surface area contributed by atoms with Crippen molar-refractivity contribution in [2.45, 2.75) is 0 Å². The van der Waals surface area contributed by atoms with E-state index in [1.807, 2.05) is 12.1 Å². The van der Waals surface area contributed by atoms with Crippen LogP contribution in [0.3, 0.4) is 0 Å². The lowest BCUT2D eigenvalue weighted by Gasteiger charge is -2.03. The number of hydrogen-bond acceptors (Lipinski definition) is 5. The standard InChI is InChI=1S/C18H14N2O4S/c1-24-14-9-5-4-8-13(14)19-18-20-16(21)15(25-18)10-11-6-2-3-7-12(11)17(22)23/h2-10H,1H3,(H,22,23)(H,19,20,21)/b15-10+. The van der Waals surface area contributed by atoms with Gasteiger partial charge in [-0.25, -0.2) is 9.79 Å². The number of methoxy groups -OCH3 is 1. The second-order valence-electron chi connectivity index (χ2n) is 5.05. The van der Waals surface area contributed by atoms with Gasteiger partial charge >= 0.3 is 5.97 Å². The Balaban J connectivity index is 1.91. The first-order valence-corrected chi connectivity index (χ1v) is 8.15. The molecule has 0 bridgehead atoms. The summed E-state index contributed by atoms with van der Waals surface area (Å²) in [6.07, 6.45) is 1.55. The number of amidine groups is 1. The number of benzene rings is 2. The van der Waals surface area contributed by atoms with Crippen molar-refractivity contribution in [2.24, 2.45) is 4.99 Å². The number of nitrogens with one attached hydrogen (secondary N) is 1. The van der Waals surface area contributed by atoms with Gasteiger partial charge in [-0.2, -0.15) is 0 Å². The molecular formula is C18H14N2O4S. The van der Waals surface area contributed by atoms with Crippen LogP contribution in [-0.2, 0) is 4.79 Å². The Hall–Kier alpha value is -3.06. The lowest BCUT2D eigenvalue weighted by atomic mass is 10.1. The fourth-order valence-corrected chi connectivity index (χ4v) is 3.10. The van der Waals surface area contributed by atoms with E-state index in [-0.39, 0.29) is 11.5 Å². The Labute approximate surface area is 148 Å². The number of carboxylic acids is 1. The fraction of sp³-hybridized carbons (Fsp3) is 0.0556. The van der Waals surface area contributed by atoms with Crippen LogP contribution in [0.15, 0.2) is 58.4 Å². The van der Waals surface area contributed by atoms with Gasteiger partial charge in [0, 0.05) is 0 Å². The molecule has 1 fully saturated rings. The molecule has 2 N–H and O–H groups in total. The van der Waals surface area contributed by atoms with Gasteiger partial charge in [0.25, 0.3) is 5.91 Å². The fourth-order valence-electron chi connectivity index (χ4n) is 2.27. The molecule has 126 valence electrons. The molecule has 1 aliphatic rings. The van der Waals surface area contributed by atoms with Crippen molar-refractivity contribution >= 4 is 40.6 Å². The number of nitrogens with zero attached hydrogens (tertiary/aromatic N) is 1. The molecule has 1 saturated heterocycles. The summed E-state index contributed by atoms with van der Waals surface area (Å²) in [6, 6.07) is 13.7. The molecule has 3 rings (SSSR count). The molecule has 7 heteroatoms. The van der Waals surface area contributed by atoms with E-state index in [0.717, 1.165) is 11.8 Å². The van der Waals surface area contributed by atoms with E-state index in [9.17, 15) is 14.7 Å². The minimum Gasteiger partial charge on any atom is -0.494 e. The number of aliphatic imine (C=N–C) groups is 1. The van der Waals surface area contributed by atoms with Crippen molar-refractivity contribution in [1.82, 2.24) is 5.32 Å². The Morgan fingerprint density at radius 2 is 1.92 bits per heavy atom. The van der Waals surface area contributed by atoms with Gasteiger partial charge in [0.1, 0.15) is 11.4 Å². The molecule has 2 aromatic rings. The van der Waals surface area contributed by atoms with Gasteiger partial charge < -0.3 is 15.2 Å². The number of ether oxygens (including phenoxy) is 1. The summed E-state index contributed by atoms with van der Waals surface area (Å²) < 4.78 is 5.24. The van der Waals surface area contributed by atoms with Crippen molar-refractivity contribution in [1.29, 1.82) is 0 Å². The second-order valence-corrected chi connectivity index (χ2v) is 6.08. The highest BCUT2D eigenvalue weighted by Crippen LogP contribution is 2.32. The summed E-state index contributed by atoms with van der Waals surface area (Å²) in [5, 5.41) is 12.3. The Morgan fingerprint density at radius 3 is 2.68 bits per heavy atom. The summed E-state index contributed by atoms with van der Waals surface area (Å²) in [6.45, 7) is 0. The number of hydrogen-bond donors (Lipinski definition) is 2. The van der Waals surface area contributed by atoms with E-state index in [2.05, 4.69) is 10.3 Å². The van der Waals surface area contributed by atoms with Crippen LogP contribution in [0.25, 0.3) is 6.08 Å². The average molecular weight is 354 g/mol. The molecule has 6 nitrogen and oxygen atoms in total. The summed E-state index contributed by atoms with van der Waals surface area (Å²) >= 11 is 1.15. The third-order valence-electron chi connectivity index (χ3n) is 3.44. The summed E-state index contributed by atoms with van der Waals surface area (Å²) in [4.78, 5) is 28.2. The predicted octanol–water partition coefficient (Wildman–Crippen LogP) is 3.29. The van der Waals surface area contributed by atoms with Crippen molar-refractivity contribution in [3.05, 3.63) is 64.6 Å². The van der Waals surface area contributed by atoms with Crippen LogP contribution in [0.4, 0.5) is 5.69 Å². The Morgan fingerprint density at radius 1 is 1.20 bits per heavy atom. The van der Waals surface area contributed by atoms with E-state index in [1.165, 1.54) is 6.07 Å². The molecule has 0 aliphatic carbocycles. The lowest BCUT2D eigenvalue weighted by Crippen LogP contribution is -2.19. The van der Waals surface area contributed by atoms with Crippen molar-refractivity contribution in [2.75, 3.05) is 7.11 Å². The molecule has 0 spiro atoms. The van der Waals surface area contributed by atoms with E-state index in [1.54, 1.807) is 43.5 Å². The van der Waals surface area contributed by atoms with E-state index < -0.39 is 5.97 Å². The van der Waals surface area contributed by atoms with E-state index in [0.29, 0.717) is 27.1 Å². The van der Waals surface area contributed by atoms with Crippen LogP contribution in [-0.4, -0.2) is 29.3 Å². The SMILES string of the molecule is COc1ccccc1N=C1NC(=O)/C(=C\c2ccccc2C(=O)O)S1. The van der Waals surface area contributed by atoms with Gasteiger partial charge in [-0.1, -0.05) is 30.3 Å². The monoisotopic (exact) mass is 354 g/mol. The number of aromatic carboxylic acids is 1. The zero-order valence-corrected chi connectivity index (χ0v) is 14.0. The predicted molar refractivity (Wildman–Crippen MR) is 97.2 cm³/mol. The smallest absolute Gasteiger partial charge is 0.336 e. The summed E-state index contributed by atoms with van der Waals surface area (Å²) in [7, 11) is 1.55. The molecule has 1 aliphatic heterocycles. The molecule has 1 amide bonds. The van der Waals surface area contributed by atoms with Gasteiger partial charge in [0.15, 0.2) is 5.17 Å². The van der Waals surface area contributed by atoms with E-state index >= 15 is 0 Å². The normalized spacial score (nSPS) is 16.9. The summed E-state index contributed by atoms with van der Waals surface area (Å²) in [5.74, 6) is -0.767. The number of para-hydroxylation sites is 2. The number of carbonyl (C=O) groups is 2. The van der Waals surface area contributed by atoms with Crippen LogP contribution in [0.2, 0.25) is 0 Å². The highest BCUT2D eigenvalue weighted by atomic mass is 32.2. The number of carbonyl (C=O) groups excluding carboxylic acids is 1. The first kappa shape index (κ1) is 16.8. The molecule has 0 aromatic heterocycles. The molecule has 0 unspecified atom stereocenters. The van der Waals surface area contributed by atoms with Crippen molar-refractivity contribution < 1.29 is 19.4 Å². The maximum atomic E-state index is 12.2. The van der Waals surface area contributed by atoms with Crippen molar-refractivity contribution in [3.8, 4) is 5.75 Å². The zero-order valence-electron chi connectivity index (χ0n) is 13.2. The maximum absolute atomic E-state index is 12.2. The van der Waals surface area contributed by atoms with Crippen LogP contribution in [0.1, 0.15) is 15.9 Å². The molecule has 25 heavy (non-hydrogen) atoms. The topological polar surface area (TPSA) is 88.0 Å². The van der Waals surface area contributed by atoms with Crippen LogP contribution < -0.4 is 10.1 Å². The van der Waals surface area contributed by atoms with Crippen LogP contribution >= 0.6 is 11.8 Å². The molecule has 1 heterocycles. The molecular weight excluding hydrogens is 340 g/mol. The van der Waals surface area contributed by atoms with Crippen LogP contribution in [0, 0.1) is 0 Å². The first-order chi connectivity index (χ1) is 12.1. The number of rotatable bonds is 4. The van der Waals surface area contributed by atoms with Gasteiger partial charge in [0.2, 0.25) is 0 Å². The summed E-state index contributed by atoms with van der Waals surface area (Å²) in [5.41, 5.74) is 1.20. The molecule has 0 radical (unpaired) electrons. The van der Waals surface area contributed by atoms with Gasteiger partial charge in [-0.3, -0.25) is 4.79 Å². The second kappa shape index (κ2) is 7.23. The third kappa shape index (κ3) is 3.72. The Kier molecular flexibility index (Phi) is 4.85. The van der Waals surface area contributed by atoms with Gasteiger partial charge in [-0.05, 0) is 41.6 Å². The van der Waals surface area contributed by atoms with Gasteiger partial charge in [0.05, 0.1) is 17.6 Å². The highest BCUT2D eigenvalue weighted by molar-refractivity contribution is 8.18. The van der Waals surface area contributed by atoms with E-state index in [4.69, 9.17) is 4.74 Å². The molecule has 0 saturated carbocycles. The van der Waals surface area contributed by atoms with Crippen LogP contribution in [0.5, 0.6) is 5.75 Å². The lowest BCUT2D eigenvalue weighted by molar-refractivity contribution is -0.115. The van der Waals surface area contributed by atoms with Gasteiger partial charge in [-0.15, -0.1) is 0 Å². The maximum Gasteiger partial charge on any atom is 0.336 e. The number of thioether (sulfide) groups is 1. The Bertz CT molecular complexity index is 905. The number of carboxylic acid groups (broad SMARTS) is 1. The minimum absolute atomic E-state index is 0.138.